The zero-order valence-electron chi connectivity index (χ0n) is 7.14. The molecule has 3 nitrogen and oxygen atoms in total. The second-order valence-corrected chi connectivity index (χ2v) is 2.52. The third kappa shape index (κ3) is 2.58. The molecule has 15 heavy (non-hydrogen) atoms. The predicted octanol–water partition coefficient (Wildman–Crippen LogP) is 1.93. The zero-order valence-corrected chi connectivity index (χ0v) is 7.14. The first-order valence-electron chi connectivity index (χ1n) is 3.65. The summed E-state index contributed by atoms with van der Waals surface area (Å²) in [5.41, 5.74) is 3.52. The molecule has 0 aliphatic carbocycles. The molecule has 1 aromatic carbocycles. The van der Waals surface area contributed by atoms with Crippen molar-refractivity contribution in [3.8, 4) is 0 Å². The molecule has 0 atom stereocenters. The van der Waals surface area contributed by atoms with Crippen molar-refractivity contribution in [2.45, 2.75) is 6.61 Å². The number of ether oxygens (including phenoxy) is 1. The lowest BCUT2D eigenvalue weighted by Gasteiger charge is -2.05. The molecule has 0 fully saturated rings. The molecule has 1 aromatic rings. The van der Waals surface area contributed by atoms with E-state index < -0.39 is 35.5 Å². The highest BCUT2D eigenvalue weighted by Crippen LogP contribution is 2.18. The minimum absolute atomic E-state index is 0.398. The minimum Gasteiger partial charge on any atom is -0.399 e. The summed E-state index contributed by atoms with van der Waals surface area (Å²) in [6.07, 6.45) is 0. The van der Waals surface area contributed by atoms with Crippen LogP contribution in [0.4, 0.5) is 23.2 Å². The van der Waals surface area contributed by atoms with E-state index in [2.05, 4.69) is 4.74 Å². The van der Waals surface area contributed by atoms with Crippen LogP contribution in [0.2, 0.25) is 0 Å². The van der Waals surface area contributed by atoms with Crippen LogP contribution in [0.5, 0.6) is 0 Å². The maximum Gasteiger partial charge on any atom is 0.389 e. The van der Waals surface area contributed by atoms with Crippen LogP contribution in [0.15, 0.2) is 12.1 Å². The molecule has 82 valence electrons. The molecule has 0 heterocycles. The number of carbonyl (C=O) groups is 1. The van der Waals surface area contributed by atoms with Crippen molar-refractivity contribution in [1.29, 1.82) is 0 Å². The Morgan fingerprint density at radius 2 is 1.87 bits per heavy atom. The normalized spacial score (nSPS) is 10.5. The molecule has 0 saturated carbocycles. The van der Waals surface area contributed by atoms with Gasteiger partial charge in [0, 0.05) is 6.07 Å². The highest BCUT2D eigenvalue weighted by molar-refractivity contribution is 5.90. The van der Waals surface area contributed by atoms with Crippen LogP contribution < -0.4 is 5.73 Å². The average Bonchev–Trinajstić information content (AvgIpc) is 2.09. The second kappa shape index (κ2) is 4.16. The number of halogens is 4. The quantitative estimate of drug-likeness (QED) is 0.473. The zero-order chi connectivity index (χ0) is 11.6. The smallest absolute Gasteiger partial charge is 0.389 e. The largest absolute Gasteiger partial charge is 0.399 e. The van der Waals surface area contributed by atoms with Crippen molar-refractivity contribution in [2.24, 2.45) is 0 Å². The highest BCUT2D eigenvalue weighted by Gasteiger charge is 2.19. The first-order chi connectivity index (χ1) is 6.91. The molecule has 0 aliphatic heterocycles. The van der Waals surface area contributed by atoms with E-state index in [0.717, 1.165) is 0 Å². The summed E-state index contributed by atoms with van der Waals surface area (Å²) in [5.74, 6) is -3.96. The molecule has 0 unspecified atom stereocenters. The van der Waals surface area contributed by atoms with Crippen molar-refractivity contribution in [1.82, 2.24) is 0 Å². The van der Waals surface area contributed by atoms with Crippen molar-refractivity contribution in [3.63, 3.8) is 0 Å². The van der Waals surface area contributed by atoms with Crippen LogP contribution in [0, 0.1) is 11.6 Å². The molecule has 0 saturated heterocycles. The van der Waals surface area contributed by atoms with Crippen molar-refractivity contribution < 1.29 is 27.1 Å². The van der Waals surface area contributed by atoms with E-state index in [1.807, 2.05) is 0 Å². The van der Waals surface area contributed by atoms with E-state index in [1.54, 1.807) is 0 Å². The predicted molar refractivity (Wildman–Crippen MR) is 42.2 cm³/mol. The molecule has 0 spiro atoms. The maximum atomic E-state index is 12.9. The molecule has 1 rings (SSSR count). The SMILES string of the molecule is Nc1cc(F)c(C(=O)OC(F)F)cc1F. The van der Waals surface area contributed by atoms with Gasteiger partial charge < -0.3 is 10.5 Å². The Morgan fingerprint density at radius 3 is 2.40 bits per heavy atom. The van der Waals surface area contributed by atoms with E-state index in [-0.39, 0.29) is 0 Å². The van der Waals surface area contributed by atoms with E-state index in [0.29, 0.717) is 12.1 Å². The summed E-state index contributed by atoms with van der Waals surface area (Å²) in [5, 5.41) is 0. The number of anilines is 1. The Hall–Kier alpha value is -1.79. The molecule has 2 N–H and O–H groups in total. The Bertz CT molecular complexity index is 394. The Morgan fingerprint density at radius 1 is 1.27 bits per heavy atom. The van der Waals surface area contributed by atoms with E-state index in [9.17, 15) is 22.4 Å². The van der Waals surface area contributed by atoms with Gasteiger partial charge in [0.1, 0.15) is 11.6 Å². The number of nitrogen functional groups attached to an aromatic ring is 1. The second-order valence-electron chi connectivity index (χ2n) is 2.52. The molecule has 0 aromatic heterocycles. The summed E-state index contributed by atoms with van der Waals surface area (Å²) >= 11 is 0. The Balaban J connectivity index is 3.04. The summed E-state index contributed by atoms with van der Waals surface area (Å²) in [4.78, 5) is 10.8. The lowest BCUT2D eigenvalue weighted by atomic mass is 10.2. The van der Waals surface area contributed by atoms with Gasteiger partial charge in [0.25, 0.3) is 0 Å². The van der Waals surface area contributed by atoms with Gasteiger partial charge in [-0.3, -0.25) is 0 Å². The number of benzene rings is 1. The lowest BCUT2D eigenvalue weighted by Crippen LogP contribution is -2.12. The first-order valence-corrected chi connectivity index (χ1v) is 3.65. The molecule has 0 radical (unpaired) electrons. The number of hydrogen-bond acceptors (Lipinski definition) is 3. The Kier molecular flexibility index (Phi) is 3.13. The van der Waals surface area contributed by atoms with E-state index >= 15 is 0 Å². The summed E-state index contributed by atoms with van der Waals surface area (Å²) in [7, 11) is 0. The van der Waals surface area contributed by atoms with Gasteiger partial charge in [-0.1, -0.05) is 0 Å². The van der Waals surface area contributed by atoms with Gasteiger partial charge in [-0.15, -0.1) is 0 Å². The standard InChI is InChI=1S/C8H5F4NO2/c9-4-2-6(13)5(10)1-3(4)7(14)15-8(11)12/h1-2,8H,13H2. The van der Waals surface area contributed by atoms with E-state index in [1.165, 1.54) is 0 Å². The highest BCUT2D eigenvalue weighted by atomic mass is 19.3. The van der Waals surface area contributed by atoms with Crippen LogP contribution in [-0.4, -0.2) is 12.6 Å². The lowest BCUT2D eigenvalue weighted by molar-refractivity contribution is -0.0908. The van der Waals surface area contributed by atoms with Crippen LogP contribution in [0.3, 0.4) is 0 Å². The fourth-order valence-corrected chi connectivity index (χ4v) is 0.863. The van der Waals surface area contributed by atoms with Gasteiger partial charge in [0.2, 0.25) is 0 Å². The third-order valence-electron chi connectivity index (χ3n) is 1.50. The molecule has 0 amide bonds. The topological polar surface area (TPSA) is 52.3 Å². The molecular weight excluding hydrogens is 218 g/mol. The number of rotatable bonds is 2. The van der Waals surface area contributed by atoms with Gasteiger partial charge >= 0.3 is 12.6 Å². The average molecular weight is 223 g/mol. The van der Waals surface area contributed by atoms with Crippen LogP contribution in [-0.2, 0) is 4.74 Å². The number of nitrogens with two attached hydrogens (primary N) is 1. The minimum atomic E-state index is -3.39. The number of hydrogen-bond donors (Lipinski definition) is 1. The number of esters is 1. The van der Waals surface area contributed by atoms with Gasteiger partial charge in [0.05, 0.1) is 11.3 Å². The molecule has 0 aliphatic rings. The van der Waals surface area contributed by atoms with Gasteiger partial charge in [-0.05, 0) is 6.07 Å². The summed E-state index contributed by atoms with van der Waals surface area (Å²) in [6.45, 7) is -3.39. The molecule has 7 heteroatoms. The third-order valence-corrected chi connectivity index (χ3v) is 1.50. The van der Waals surface area contributed by atoms with Crippen LogP contribution >= 0.6 is 0 Å². The fraction of sp³-hybridized carbons (Fsp3) is 0.125. The van der Waals surface area contributed by atoms with Gasteiger partial charge in [0.15, 0.2) is 0 Å². The van der Waals surface area contributed by atoms with Crippen molar-refractivity contribution in [2.75, 3.05) is 5.73 Å². The monoisotopic (exact) mass is 223 g/mol. The number of carbonyl (C=O) groups excluding carboxylic acids is 1. The van der Waals surface area contributed by atoms with E-state index in [4.69, 9.17) is 5.73 Å². The first kappa shape index (κ1) is 11.3. The molecule has 0 bridgehead atoms. The maximum absolute atomic E-state index is 12.9. The van der Waals surface area contributed by atoms with Gasteiger partial charge in [-0.2, -0.15) is 8.78 Å². The van der Waals surface area contributed by atoms with Crippen molar-refractivity contribution in [3.05, 3.63) is 29.3 Å². The molecular formula is C8H5F4NO2. The van der Waals surface area contributed by atoms with Crippen LogP contribution in [0.25, 0.3) is 0 Å². The Labute approximate surface area is 81.4 Å². The van der Waals surface area contributed by atoms with Crippen molar-refractivity contribution >= 4 is 11.7 Å². The number of alkyl halides is 2. The summed E-state index contributed by atoms with van der Waals surface area (Å²) in [6, 6.07) is 0.910. The van der Waals surface area contributed by atoms with Gasteiger partial charge in [-0.25, -0.2) is 13.6 Å². The fourth-order valence-electron chi connectivity index (χ4n) is 0.863. The van der Waals surface area contributed by atoms with Crippen LogP contribution in [0.1, 0.15) is 10.4 Å². The summed E-state index contributed by atoms with van der Waals surface area (Å²) < 4.78 is 52.3.